The molecule has 3 aliphatic rings. The molecule has 41 heavy (non-hydrogen) atoms. The molecule has 6 rings (SSSR count). The molecule has 210 valence electrons. The van der Waals surface area contributed by atoms with E-state index in [4.69, 9.17) is 14.4 Å². The average Bonchev–Trinajstić information content (AvgIpc) is 3.66. The van der Waals surface area contributed by atoms with Crippen LogP contribution in [0.25, 0.3) is 0 Å². The smallest absolute Gasteiger partial charge is 0.259 e. The molecule has 2 aromatic carbocycles. The lowest BCUT2D eigenvalue weighted by Crippen LogP contribution is -2.49. The summed E-state index contributed by atoms with van der Waals surface area (Å²) in [5, 5.41) is 3.25. The minimum absolute atomic E-state index is 0.0131. The maximum absolute atomic E-state index is 13.5. The van der Waals surface area contributed by atoms with Gasteiger partial charge in [-0.15, -0.1) is 0 Å². The molecule has 0 saturated carbocycles. The van der Waals surface area contributed by atoms with Crippen LogP contribution in [0.15, 0.2) is 87.4 Å². The molecule has 4 heterocycles. The van der Waals surface area contributed by atoms with Gasteiger partial charge in [0.25, 0.3) is 5.91 Å². The number of aliphatic imine (C=N–C) groups is 2. The highest BCUT2D eigenvalue weighted by Crippen LogP contribution is 2.34. The summed E-state index contributed by atoms with van der Waals surface area (Å²) in [6.07, 6.45) is 1.98. The summed E-state index contributed by atoms with van der Waals surface area (Å²) < 4.78 is 5.25. The number of carbonyl (C=O) groups excluding carboxylic acids is 3. The van der Waals surface area contributed by atoms with Gasteiger partial charge >= 0.3 is 0 Å². The first-order valence-corrected chi connectivity index (χ1v) is 14.6. The fourth-order valence-electron chi connectivity index (χ4n) is 5.11. The van der Waals surface area contributed by atoms with Crippen molar-refractivity contribution < 1.29 is 18.8 Å². The number of para-hydroxylation sites is 2. The zero-order valence-electron chi connectivity index (χ0n) is 22.4. The van der Waals surface area contributed by atoms with Crippen molar-refractivity contribution in [1.29, 1.82) is 0 Å². The highest BCUT2D eigenvalue weighted by molar-refractivity contribution is 8.14. The molecule has 10 nitrogen and oxygen atoms in total. The Balaban J connectivity index is 1.08. The molecule has 0 aliphatic carbocycles. The van der Waals surface area contributed by atoms with Crippen LogP contribution < -0.4 is 10.2 Å². The first-order chi connectivity index (χ1) is 20.1. The monoisotopic (exact) mass is 570 g/mol. The number of fused-ring (bicyclic) bond motifs is 3. The van der Waals surface area contributed by atoms with Crippen molar-refractivity contribution in [2.24, 2.45) is 9.98 Å². The van der Waals surface area contributed by atoms with Gasteiger partial charge in [0, 0.05) is 43.9 Å². The van der Waals surface area contributed by atoms with Crippen LogP contribution in [0, 0.1) is 0 Å². The van der Waals surface area contributed by atoms with Gasteiger partial charge in [-0.25, -0.2) is 9.89 Å². The third kappa shape index (κ3) is 5.90. The molecule has 1 saturated heterocycles. The van der Waals surface area contributed by atoms with Crippen LogP contribution in [0.3, 0.4) is 0 Å². The Labute approximate surface area is 242 Å². The zero-order chi connectivity index (χ0) is 28.2. The van der Waals surface area contributed by atoms with Gasteiger partial charge in [-0.3, -0.25) is 19.4 Å². The maximum atomic E-state index is 13.5. The standard InChI is InChI=1S/C30H30N6O4S/c37-26(31-19-22-9-6-18-40-22)13-12-25-29(39)36-28(32-25)23-10-4-5-11-24(23)33-30(36)41-20-27(38)35-16-14-34(15-17-35)21-7-2-1-3-8-21/h1-11,18,25H,12-17,19-20H2,(H,31,37)/t25-/m1/s1. The van der Waals surface area contributed by atoms with E-state index in [1.54, 1.807) is 18.4 Å². The minimum atomic E-state index is -0.696. The predicted molar refractivity (Wildman–Crippen MR) is 158 cm³/mol. The summed E-state index contributed by atoms with van der Waals surface area (Å²) in [6.45, 7) is 3.12. The molecule has 0 radical (unpaired) electrons. The van der Waals surface area contributed by atoms with Crippen LogP contribution in [0.4, 0.5) is 11.4 Å². The van der Waals surface area contributed by atoms with Gasteiger partial charge in [0.05, 0.1) is 24.2 Å². The van der Waals surface area contributed by atoms with Crippen molar-refractivity contribution >= 4 is 51.9 Å². The van der Waals surface area contributed by atoms with E-state index in [0.717, 1.165) is 24.3 Å². The third-order valence-electron chi connectivity index (χ3n) is 7.31. The number of hydrogen-bond donors (Lipinski definition) is 1. The van der Waals surface area contributed by atoms with Gasteiger partial charge in [0.1, 0.15) is 17.6 Å². The topological polar surface area (TPSA) is 111 Å². The third-order valence-corrected chi connectivity index (χ3v) is 8.23. The van der Waals surface area contributed by atoms with Gasteiger partial charge in [-0.1, -0.05) is 42.1 Å². The molecule has 3 aliphatic heterocycles. The van der Waals surface area contributed by atoms with E-state index in [-0.39, 0.29) is 36.3 Å². The van der Waals surface area contributed by atoms with Crippen LogP contribution in [-0.4, -0.2) is 76.5 Å². The Morgan fingerprint density at radius 3 is 2.54 bits per heavy atom. The Morgan fingerprint density at radius 2 is 1.76 bits per heavy atom. The number of benzene rings is 2. The second-order valence-electron chi connectivity index (χ2n) is 9.94. The number of anilines is 1. The molecule has 0 bridgehead atoms. The van der Waals surface area contributed by atoms with Gasteiger partial charge in [-0.05, 0) is 42.8 Å². The second kappa shape index (κ2) is 12.0. The molecule has 3 aromatic rings. The summed E-state index contributed by atoms with van der Waals surface area (Å²) in [4.78, 5) is 54.2. The average molecular weight is 571 g/mol. The van der Waals surface area contributed by atoms with Gasteiger partial charge in [0.2, 0.25) is 11.8 Å². The summed E-state index contributed by atoms with van der Waals surface area (Å²) in [5.41, 5.74) is 2.63. The number of amidine groups is 2. The van der Waals surface area contributed by atoms with Crippen molar-refractivity contribution in [2.45, 2.75) is 25.4 Å². The first kappa shape index (κ1) is 26.8. The lowest BCUT2D eigenvalue weighted by Gasteiger charge is -2.36. The highest BCUT2D eigenvalue weighted by atomic mass is 32.2. The Hall–Kier alpha value is -4.38. The van der Waals surface area contributed by atoms with E-state index in [9.17, 15) is 14.4 Å². The number of nitrogens with one attached hydrogen (secondary N) is 1. The van der Waals surface area contributed by atoms with Crippen LogP contribution in [0.5, 0.6) is 0 Å². The number of furan rings is 1. The zero-order valence-corrected chi connectivity index (χ0v) is 23.3. The summed E-state index contributed by atoms with van der Waals surface area (Å²) in [7, 11) is 0. The van der Waals surface area contributed by atoms with E-state index in [2.05, 4.69) is 22.3 Å². The number of amides is 3. The maximum Gasteiger partial charge on any atom is 0.259 e. The van der Waals surface area contributed by atoms with E-state index < -0.39 is 6.04 Å². The number of rotatable bonds is 8. The summed E-state index contributed by atoms with van der Waals surface area (Å²) in [5.74, 6) is 0.954. The van der Waals surface area contributed by atoms with Crippen molar-refractivity contribution in [1.82, 2.24) is 15.1 Å². The van der Waals surface area contributed by atoms with Gasteiger partial charge in [0.15, 0.2) is 5.17 Å². The Morgan fingerprint density at radius 1 is 0.976 bits per heavy atom. The van der Waals surface area contributed by atoms with Crippen LogP contribution >= 0.6 is 11.8 Å². The molecular weight excluding hydrogens is 540 g/mol. The molecule has 0 unspecified atom stereocenters. The number of carbonyl (C=O) groups is 3. The largest absolute Gasteiger partial charge is 0.467 e. The number of nitrogens with zero attached hydrogens (tertiary/aromatic N) is 5. The fraction of sp³-hybridized carbons (Fsp3) is 0.300. The Bertz CT molecular complexity index is 1480. The summed E-state index contributed by atoms with van der Waals surface area (Å²) in [6, 6.07) is 20.6. The molecule has 1 fully saturated rings. The van der Waals surface area contributed by atoms with Gasteiger partial charge in [-0.2, -0.15) is 0 Å². The molecule has 3 amide bonds. The van der Waals surface area contributed by atoms with E-state index in [0.29, 0.717) is 42.1 Å². The van der Waals surface area contributed by atoms with E-state index >= 15 is 0 Å². The molecule has 1 N–H and O–H groups in total. The van der Waals surface area contributed by atoms with Crippen molar-refractivity contribution in [3.63, 3.8) is 0 Å². The van der Waals surface area contributed by atoms with Crippen molar-refractivity contribution in [3.05, 3.63) is 84.3 Å². The summed E-state index contributed by atoms with van der Waals surface area (Å²) >= 11 is 1.25. The second-order valence-corrected chi connectivity index (χ2v) is 10.9. The number of thioether (sulfide) groups is 1. The molecular formula is C30H30N6O4S. The van der Waals surface area contributed by atoms with Crippen LogP contribution in [0.2, 0.25) is 0 Å². The van der Waals surface area contributed by atoms with E-state index in [1.165, 1.54) is 16.7 Å². The number of hydrogen-bond acceptors (Lipinski definition) is 8. The molecule has 11 heteroatoms. The van der Waals surface area contributed by atoms with E-state index in [1.807, 2.05) is 47.4 Å². The van der Waals surface area contributed by atoms with Crippen molar-refractivity contribution in [3.8, 4) is 0 Å². The normalized spacial score (nSPS) is 18.0. The lowest BCUT2D eigenvalue weighted by atomic mass is 10.1. The van der Waals surface area contributed by atoms with Crippen LogP contribution in [-0.2, 0) is 20.9 Å². The fourth-order valence-corrected chi connectivity index (χ4v) is 6.02. The lowest BCUT2D eigenvalue weighted by molar-refractivity contribution is -0.129. The van der Waals surface area contributed by atoms with Crippen LogP contribution in [0.1, 0.15) is 24.2 Å². The first-order valence-electron chi connectivity index (χ1n) is 13.7. The Kier molecular flexibility index (Phi) is 7.86. The quantitative estimate of drug-likeness (QED) is 0.445. The highest BCUT2D eigenvalue weighted by Gasteiger charge is 2.41. The predicted octanol–water partition coefficient (Wildman–Crippen LogP) is 3.42. The van der Waals surface area contributed by atoms with Crippen molar-refractivity contribution in [2.75, 3.05) is 36.8 Å². The molecule has 1 aromatic heterocycles. The SMILES string of the molecule is O=C(CC[C@H]1N=C2c3ccccc3N=C(SCC(=O)N3CCN(c4ccccc4)CC3)N2C1=O)NCc1ccco1. The number of piperazine rings is 1. The molecule has 0 spiro atoms. The minimum Gasteiger partial charge on any atom is -0.467 e. The van der Waals surface area contributed by atoms with Gasteiger partial charge < -0.3 is 19.5 Å². The molecule has 1 atom stereocenters.